The summed E-state index contributed by atoms with van der Waals surface area (Å²) < 4.78 is 8.20. The van der Waals surface area contributed by atoms with E-state index in [0.29, 0.717) is 50.1 Å². The fourth-order valence-corrected chi connectivity index (χ4v) is 13.5. The molecular weight excluding hydrogens is 1190 g/mol. The second-order valence-electron chi connectivity index (χ2n) is 23.9. The minimum absolute atomic E-state index is 0.0938. The van der Waals surface area contributed by atoms with Crippen molar-refractivity contribution in [2.75, 3.05) is 0 Å². The van der Waals surface area contributed by atoms with Gasteiger partial charge in [0.25, 0.3) is 0 Å². The van der Waals surface area contributed by atoms with Crippen LogP contribution in [0.1, 0.15) is 159 Å². The summed E-state index contributed by atoms with van der Waals surface area (Å²) in [4.78, 5) is 103. The third kappa shape index (κ3) is 13.5. The molecule has 468 valence electrons. The molecule has 0 bridgehead atoms. The maximum Gasteiger partial charge on any atom is 0.207 e. The SMILES string of the molecule is O=C(c1ccccc1)C(Oc1c(C(C(=O)c2ccccc2)c2ccccc2)c(C(C(=O)c2ccccc2)c2ccccc2)c(C(C(=O)c2ccccc2)c2ccccc2)c(C(C(=O)c2ccccc2)c2ccccc2)c1C(C(=O)c1ccccc1)c1ccccc1)c1ccccc1. The molecule has 13 aromatic carbocycles. The van der Waals surface area contributed by atoms with Gasteiger partial charge in [0.2, 0.25) is 5.78 Å². The van der Waals surface area contributed by atoms with Crippen LogP contribution in [0.15, 0.2) is 364 Å². The lowest BCUT2D eigenvalue weighted by atomic mass is 9.63. The lowest BCUT2D eigenvalue weighted by molar-refractivity contribution is 0.0785. The molecule has 7 heteroatoms. The van der Waals surface area contributed by atoms with Crippen molar-refractivity contribution in [3.8, 4) is 5.75 Å². The number of ketones is 6. The molecule has 0 radical (unpaired) electrons. The summed E-state index contributed by atoms with van der Waals surface area (Å²) in [6, 6.07) is 109. The number of carbonyl (C=O) groups excluding carboxylic acids is 6. The first-order valence-electron chi connectivity index (χ1n) is 32.5. The van der Waals surface area contributed by atoms with Crippen molar-refractivity contribution in [1.29, 1.82) is 0 Å². The molecule has 0 saturated heterocycles. The van der Waals surface area contributed by atoms with Crippen LogP contribution in [-0.4, -0.2) is 34.7 Å². The normalized spacial score (nSPS) is 12.9. The van der Waals surface area contributed by atoms with E-state index in [-0.39, 0.29) is 50.3 Å². The van der Waals surface area contributed by atoms with Gasteiger partial charge in [0.1, 0.15) is 5.75 Å². The van der Waals surface area contributed by atoms with Crippen molar-refractivity contribution in [3.63, 3.8) is 0 Å². The van der Waals surface area contributed by atoms with Crippen LogP contribution in [0, 0.1) is 0 Å². The van der Waals surface area contributed by atoms with E-state index in [1.54, 1.807) is 158 Å². The van der Waals surface area contributed by atoms with E-state index in [0.717, 1.165) is 0 Å². The molecule has 13 rings (SSSR count). The number of hydrogen-bond donors (Lipinski definition) is 0. The molecule has 0 heterocycles. The standard InChI is InChI=1S/C90H66O7/c91-83(66-47-23-6-24-48-66)73(61-37-13-1-14-38-61)78-79(74(62-39-15-2-16-40-62)84(92)67-49-25-7-26-50-67)81(76(64-43-19-4-20-44-64)86(94)69-53-29-9-30-54-69)90(97-89(72-59-35-12-36-60-72)88(96)71-57-33-11-34-58-71)82(77(65-45-21-5-22-46-65)87(95)70-55-31-10-32-56-70)80(78)75(63-41-17-3-18-42-63)85(93)68-51-27-8-28-52-68/h1-60,73-77,89H. The van der Waals surface area contributed by atoms with Crippen molar-refractivity contribution in [3.05, 3.63) is 459 Å². The van der Waals surface area contributed by atoms with E-state index >= 15 is 28.8 Å². The third-order valence-electron chi connectivity index (χ3n) is 18.0. The van der Waals surface area contributed by atoms with E-state index in [9.17, 15) is 0 Å². The first-order chi connectivity index (χ1) is 47.7. The molecule has 0 aromatic heterocycles. The van der Waals surface area contributed by atoms with Crippen LogP contribution in [0.5, 0.6) is 5.75 Å². The molecule has 6 unspecified atom stereocenters. The molecule has 6 atom stereocenters. The summed E-state index contributed by atoms with van der Waals surface area (Å²) in [5.74, 6) is -10.2. The molecule has 0 fully saturated rings. The molecule has 0 amide bonds. The molecule has 0 aliphatic carbocycles. The number of rotatable bonds is 25. The van der Waals surface area contributed by atoms with Crippen LogP contribution < -0.4 is 4.74 Å². The molecule has 13 aromatic rings. The molecule has 7 nitrogen and oxygen atoms in total. The second kappa shape index (κ2) is 29.7. The Bertz CT molecular complexity index is 4630. The van der Waals surface area contributed by atoms with Gasteiger partial charge < -0.3 is 4.74 Å². The Morgan fingerprint density at radius 1 is 0.175 bits per heavy atom. The van der Waals surface area contributed by atoms with Crippen molar-refractivity contribution in [2.24, 2.45) is 0 Å². The van der Waals surface area contributed by atoms with Gasteiger partial charge in [-0.05, 0) is 44.5 Å². The van der Waals surface area contributed by atoms with E-state index in [2.05, 4.69) is 0 Å². The minimum Gasteiger partial charge on any atom is -0.477 e. The van der Waals surface area contributed by atoms with Crippen LogP contribution in [-0.2, 0) is 0 Å². The number of ether oxygens (including phenoxy) is 1. The topological polar surface area (TPSA) is 112 Å². The highest BCUT2D eigenvalue weighted by molar-refractivity contribution is 6.12. The monoisotopic (exact) mass is 1260 g/mol. The van der Waals surface area contributed by atoms with Crippen molar-refractivity contribution >= 4 is 34.7 Å². The van der Waals surface area contributed by atoms with Gasteiger partial charge in [-0.2, -0.15) is 0 Å². The van der Waals surface area contributed by atoms with Gasteiger partial charge in [-0.1, -0.05) is 364 Å². The average molecular weight is 1260 g/mol. The van der Waals surface area contributed by atoms with E-state index in [1.165, 1.54) is 0 Å². The molecule has 0 N–H and O–H groups in total. The highest BCUT2D eigenvalue weighted by Gasteiger charge is 2.49. The van der Waals surface area contributed by atoms with Gasteiger partial charge in [0.05, 0.1) is 29.6 Å². The van der Waals surface area contributed by atoms with Gasteiger partial charge in [0, 0.05) is 50.1 Å². The Kier molecular flexibility index (Phi) is 19.5. The van der Waals surface area contributed by atoms with Crippen molar-refractivity contribution < 1.29 is 33.5 Å². The lowest BCUT2D eigenvalue weighted by Gasteiger charge is -2.39. The molecular formula is C90H66O7. The van der Waals surface area contributed by atoms with E-state index in [4.69, 9.17) is 4.74 Å². The highest BCUT2D eigenvalue weighted by Crippen LogP contribution is 2.57. The summed E-state index contributed by atoms with van der Waals surface area (Å²) >= 11 is 0. The lowest BCUT2D eigenvalue weighted by Crippen LogP contribution is -2.33. The summed E-state index contributed by atoms with van der Waals surface area (Å²) in [7, 11) is 0. The predicted octanol–water partition coefficient (Wildman–Crippen LogP) is 19.8. The van der Waals surface area contributed by atoms with Crippen LogP contribution in [0.25, 0.3) is 0 Å². The zero-order chi connectivity index (χ0) is 66.5. The van der Waals surface area contributed by atoms with Gasteiger partial charge in [-0.25, -0.2) is 0 Å². The van der Waals surface area contributed by atoms with Crippen LogP contribution in [0.4, 0.5) is 0 Å². The summed E-state index contributed by atoms with van der Waals surface area (Å²) in [5, 5.41) is 0. The Morgan fingerprint density at radius 3 is 0.536 bits per heavy atom. The zero-order valence-corrected chi connectivity index (χ0v) is 53.0. The van der Waals surface area contributed by atoms with E-state index < -0.39 is 70.4 Å². The number of Topliss-reactive ketones (excluding diaryl/α,β-unsaturated/α-hetero) is 6. The average Bonchev–Trinajstić information content (AvgIpc) is 0.700. The van der Waals surface area contributed by atoms with Crippen molar-refractivity contribution in [2.45, 2.75) is 35.7 Å². The molecule has 97 heavy (non-hydrogen) atoms. The van der Waals surface area contributed by atoms with Gasteiger partial charge in [-0.15, -0.1) is 0 Å². The van der Waals surface area contributed by atoms with Gasteiger partial charge in [0.15, 0.2) is 35.0 Å². The highest BCUT2D eigenvalue weighted by atomic mass is 16.5. The molecule has 0 saturated carbocycles. The van der Waals surface area contributed by atoms with Crippen molar-refractivity contribution in [1.82, 2.24) is 0 Å². The maximum atomic E-state index is 17.4. The number of carbonyl (C=O) groups is 6. The summed E-state index contributed by atoms with van der Waals surface area (Å²) in [5.41, 5.74) is 5.14. The van der Waals surface area contributed by atoms with E-state index in [1.807, 2.05) is 206 Å². The van der Waals surface area contributed by atoms with Gasteiger partial charge in [-0.3, -0.25) is 28.8 Å². The Balaban J connectivity index is 1.40. The zero-order valence-electron chi connectivity index (χ0n) is 53.0. The predicted molar refractivity (Wildman–Crippen MR) is 382 cm³/mol. The Hall–Kier alpha value is -12.3. The first-order valence-corrected chi connectivity index (χ1v) is 32.5. The van der Waals surface area contributed by atoms with Crippen LogP contribution >= 0.6 is 0 Å². The number of benzene rings is 13. The smallest absolute Gasteiger partial charge is 0.207 e. The van der Waals surface area contributed by atoms with Gasteiger partial charge >= 0.3 is 0 Å². The summed E-state index contributed by atoms with van der Waals surface area (Å²) in [6.07, 6.45) is -1.57. The quantitative estimate of drug-likeness (QED) is 0.0524. The summed E-state index contributed by atoms with van der Waals surface area (Å²) in [6.45, 7) is 0. The maximum absolute atomic E-state index is 17.4. The Morgan fingerprint density at radius 2 is 0.330 bits per heavy atom. The molecule has 0 spiro atoms. The third-order valence-corrected chi connectivity index (χ3v) is 18.0. The van der Waals surface area contributed by atoms with Crippen LogP contribution in [0.2, 0.25) is 0 Å². The second-order valence-corrected chi connectivity index (χ2v) is 23.9. The molecule has 0 aliphatic heterocycles. The minimum atomic E-state index is -1.57. The van der Waals surface area contributed by atoms with Crippen LogP contribution in [0.3, 0.4) is 0 Å². The molecule has 0 aliphatic rings. The fourth-order valence-electron chi connectivity index (χ4n) is 13.5. The first kappa shape index (κ1) is 63.4. The largest absolute Gasteiger partial charge is 0.477 e. The fraction of sp³-hybridized carbons (Fsp3) is 0.0667. The Labute approximate surface area is 565 Å². The number of hydrogen-bond acceptors (Lipinski definition) is 7.